The summed E-state index contributed by atoms with van der Waals surface area (Å²) in [6.07, 6.45) is -0.897. The molecule has 0 fully saturated rings. The SMILES string of the molecule is CCC(C)C(NC(=O)C(Cc1ccc(O)cc1)NC(=O)C(N)CC(=O)O)C(=O)NC(CCC(N)=O)C(=O)O. The first-order chi connectivity index (χ1) is 17.7. The van der Waals surface area contributed by atoms with Gasteiger partial charge in [0.2, 0.25) is 23.6 Å². The number of primary amides is 1. The summed E-state index contributed by atoms with van der Waals surface area (Å²) in [4.78, 5) is 72.3. The van der Waals surface area contributed by atoms with E-state index in [1.54, 1.807) is 13.8 Å². The van der Waals surface area contributed by atoms with Crippen molar-refractivity contribution in [3.8, 4) is 5.75 Å². The second-order valence-corrected chi connectivity index (χ2v) is 8.91. The van der Waals surface area contributed by atoms with Gasteiger partial charge in [-0.1, -0.05) is 32.4 Å². The van der Waals surface area contributed by atoms with Crippen molar-refractivity contribution in [2.24, 2.45) is 17.4 Å². The third-order valence-corrected chi connectivity index (χ3v) is 5.83. The van der Waals surface area contributed by atoms with Crippen LogP contribution in [-0.4, -0.2) is 75.1 Å². The van der Waals surface area contributed by atoms with Crippen LogP contribution in [0.5, 0.6) is 5.75 Å². The number of aliphatic carboxylic acids is 2. The van der Waals surface area contributed by atoms with Gasteiger partial charge in [-0.25, -0.2) is 4.79 Å². The maximum atomic E-state index is 13.3. The summed E-state index contributed by atoms with van der Waals surface area (Å²) in [5.41, 5.74) is 11.2. The molecule has 4 amide bonds. The molecule has 0 saturated carbocycles. The van der Waals surface area contributed by atoms with Gasteiger partial charge < -0.3 is 42.7 Å². The lowest BCUT2D eigenvalue weighted by molar-refractivity contribution is -0.143. The number of nitrogens with two attached hydrogens (primary N) is 2. The van der Waals surface area contributed by atoms with E-state index in [1.807, 2.05) is 0 Å². The first-order valence-corrected chi connectivity index (χ1v) is 11.9. The highest BCUT2D eigenvalue weighted by Gasteiger charge is 2.33. The maximum Gasteiger partial charge on any atom is 0.326 e. The first-order valence-electron chi connectivity index (χ1n) is 11.9. The Labute approximate surface area is 219 Å². The molecule has 0 heterocycles. The molecule has 14 nitrogen and oxygen atoms in total. The van der Waals surface area contributed by atoms with Gasteiger partial charge in [0.15, 0.2) is 0 Å². The van der Waals surface area contributed by atoms with Crippen LogP contribution in [0.1, 0.15) is 45.1 Å². The Morgan fingerprint density at radius 2 is 1.47 bits per heavy atom. The van der Waals surface area contributed by atoms with E-state index in [1.165, 1.54) is 24.3 Å². The number of carbonyl (C=O) groups is 6. The number of hydrogen-bond acceptors (Lipinski definition) is 8. The molecule has 1 aromatic carbocycles. The van der Waals surface area contributed by atoms with Crippen LogP contribution in [0.4, 0.5) is 0 Å². The minimum Gasteiger partial charge on any atom is -0.508 e. The van der Waals surface area contributed by atoms with E-state index in [0.29, 0.717) is 12.0 Å². The molecule has 1 aromatic rings. The first kappa shape index (κ1) is 31.8. The molecule has 0 aliphatic carbocycles. The Morgan fingerprint density at radius 3 is 1.97 bits per heavy atom. The number of benzene rings is 1. The lowest BCUT2D eigenvalue weighted by Gasteiger charge is -2.28. The quantitative estimate of drug-likeness (QED) is 0.122. The predicted molar refractivity (Wildman–Crippen MR) is 133 cm³/mol. The zero-order chi connectivity index (χ0) is 29.0. The maximum absolute atomic E-state index is 13.3. The molecule has 0 spiro atoms. The van der Waals surface area contributed by atoms with Crippen LogP contribution < -0.4 is 27.4 Å². The number of hydrogen-bond donors (Lipinski definition) is 8. The average Bonchev–Trinajstić information content (AvgIpc) is 2.84. The van der Waals surface area contributed by atoms with Crippen LogP contribution in [0, 0.1) is 5.92 Å². The Morgan fingerprint density at radius 1 is 0.895 bits per heavy atom. The number of phenols is 1. The Hall–Kier alpha value is -4.20. The molecule has 0 bridgehead atoms. The van der Waals surface area contributed by atoms with E-state index < -0.39 is 72.1 Å². The van der Waals surface area contributed by atoms with Crippen LogP contribution in [0.25, 0.3) is 0 Å². The van der Waals surface area contributed by atoms with Crippen molar-refractivity contribution < 1.29 is 44.1 Å². The number of carbonyl (C=O) groups excluding carboxylic acids is 4. The van der Waals surface area contributed by atoms with Gasteiger partial charge in [0.05, 0.1) is 12.5 Å². The minimum atomic E-state index is -1.45. The highest BCUT2D eigenvalue weighted by Crippen LogP contribution is 2.14. The standard InChI is InChI=1S/C24H35N5O9/c1-3-12(2)20(23(36)27-16(24(37)38)8-9-18(26)31)29-22(35)17(10-13-4-6-14(30)7-5-13)28-21(34)15(25)11-19(32)33/h4-7,12,15-17,20,30H,3,8-11,25H2,1-2H3,(H2,26,31)(H,27,36)(H,28,34)(H,29,35)(H,32,33)(H,37,38). The van der Waals surface area contributed by atoms with Crippen molar-refractivity contribution in [3.63, 3.8) is 0 Å². The van der Waals surface area contributed by atoms with Crippen LogP contribution in [-0.2, 0) is 35.2 Å². The molecule has 5 unspecified atom stereocenters. The Bertz CT molecular complexity index is 1020. The van der Waals surface area contributed by atoms with Gasteiger partial charge in [0, 0.05) is 12.8 Å². The van der Waals surface area contributed by atoms with Gasteiger partial charge in [-0.2, -0.15) is 0 Å². The van der Waals surface area contributed by atoms with Crippen molar-refractivity contribution in [2.45, 2.75) is 70.1 Å². The lowest BCUT2D eigenvalue weighted by Crippen LogP contribution is -2.59. The summed E-state index contributed by atoms with van der Waals surface area (Å²) in [6.45, 7) is 3.40. The monoisotopic (exact) mass is 537 g/mol. The fraction of sp³-hybridized carbons (Fsp3) is 0.500. The Kier molecular flexibility index (Phi) is 12.7. The zero-order valence-electron chi connectivity index (χ0n) is 21.2. The molecule has 0 saturated heterocycles. The number of phenolic OH excluding ortho intramolecular Hbond substituents is 1. The van der Waals surface area contributed by atoms with Crippen LogP contribution >= 0.6 is 0 Å². The normalized spacial score (nSPS) is 14.7. The third-order valence-electron chi connectivity index (χ3n) is 5.83. The molecule has 10 N–H and O–H groups in total. The molecule has 0 radical (unpaired) electrons. The summed E-state index contributed by atoms with van der Waals surface area (Å²) in [6, 6.07) is 0.372. The van der Waals surface area contributed by atoms with Gasteiger partial charge in [0.1, 0.15) is 23.9 Å². The van der Waals surface area contributed by atoms with E-state index in [-0.39, 0.29) is 25.0 Å². The average molecular weight is 538 g/mol. The molecule has 210 valence electrons. The molecule has 0 aliphatic rings. The van der Waals surface area contributed by atoms with Crippen molar-refractivity contribution in [3.05, 3.63) is 29.8 Å². The topological polar surface area (TPSA) is 251 Å². The number of aromatic hydroxyl groups is 1. The van der Waals surface area contributed by atoms with Gasteiger partial charge in [-0.05, 0) is 30.0 Å². The zero-order valence-corrected chi connectivity index (χ0v) is 21.2. The summed E-state index contributed by atoms with van der Waals surface area (Å²) >= 11 is 0. The van der Waals surface area contributed by atoms with Crippen molar-refractivity contribution in [1.29, 1.82) is 0 Å². The fourth-order valence-corrected chi connectivity index (χ4v) is 3.40. The van der Waals surface area contributed by atoms with E-state index in [2.05, 4.69) is 16.0 Å². The molecule has 38 heavy (non-hydrogen) atoms. The molecule has 0 aliphatic heterocycles. The van der Waals surface area contributed by atoms with Gasteiger partial charge >= 0.3 is 11.9 Å². The molecule has 1 rings (SSSR count). The molecule has 14 heteroatoms. The van der Waals surface area contributed by atoms with Gasteiger partial charge in [-0.15, -0.1) is 0 Å². The van der Waals surface area contributed by atoms with E-state index in [9.17, 15) is 39.0 Å². The number of carboxylic acid groups (broad SMARTS) is 2. The van der Waals surface area contributed by atoms with Gasteiger partial charge in [-0.3, -0.25) is 24.0 Å². The van der Waals surface area contributed by atoms with E-state index >= 15 is 0 Å². The molecule has 5 atom stereocenters. The number of amides is 4. The van der Waals surface area contributed by atoms with Crippen LogP contribution in [0.2, 0.25) is 0 Å². The Balaban J connectivity index is 3.16. The highest BCUT2D eigenvalue weighted by atomic mass is 16.4. The summed E-state index contributed by atoms with van der Waals surface area (Å²) in [7, 11) is 0. The number of nitrogens with one attached hydrogen (secondary N) is 3. The van der Waals surface area contributed by atoms with E-state index in [4.69, 9.17) is 16.6 Å². The van der Waals surface area contributed by atoms with E-state index in [0.717, 1.165) is 0 Å². The van der Waals surface area contributed by atoms with Crippen molar-refractivity contribution in [1.82, 2.24) is 16.0 Å². The lowest BCUT2D eigenvalue weighted by atomic mass is 9.96. The largest absolute Gasteiger partial charge is 0.508 e. The smallest absolute Gasteiger partial charge is 0.326 e. The molecular weight excluding hydrogens is 502 g/mol. The second-order valence-electron chi connectivity index (χ2n) is 8.91. The minimum absolute atomic E-state index is 0.0277. The van der Waals surface area contributed by atoms with Crippen molar-refractivity contribution >= 4 is 35.6 Å². The fourth-order valence-electron chi connectivity index (χ4n) is 3.40. The molecule has 0 aromatic heterocycles. The van der Waals surface area contributed by atoms with Gasteiger partial charge in [0.25, 0.3) is 0 Å². The van der Waals surface area contributed by atoms with Crippen molar-refractivity contribution in [2.75, 3.05) is 0 Å². The summed E-state index contributed by atoms with van der Waals surface area (Å²) in [5.74, 6) is -6.48. The summed E-state index contributed by atoms with van der Waals surface area (Å²) in [5, 5.41) is 35.1. The van der Waals surface area contributed by atoms with Crippen LogP contribution in [0.15, 0.2) is 24.3 Å². The summed E-state index contributed by atoms with van der Waals surface area (Å²) < 4.78 is 0. The number of rotatable bonds is 16. The third kappa shape index (κ3) is 10.8. The predicted octanol–water partition coefficient (Wildman–Crippen LogP) is -1.41. The molecular formula is C24H35N5O9. The van der Waals surface area contributed by atoms with Crippen LogP contribution in [0.3, 0.4) is 0 Å². The second kappa shape index (κ2) is 15.1. The highest BCUT2D eigenvalue weighted by molar-refractivity contribution is 5.95. The number of carboxylic acids is 2.